The van der Waals surface area contributed by atoms with Crippen molar-refractivity contribution in [1.29, 1.82) is 0 Å². The average molecular weight is 556 g/mol. The van der Waals surface area contributed by atoms with Crippen LogP contribution >= 0.6 is 11.6 Å². The molecule has 5 rings (SSSR count). The lowest BCUT2D eigenvalue weighted by Crippen LogP contribution is -2.31. The summed E-state index contributed by atoms with van der Waals surface area (Å²) in [6, 6.07) is 3.84. The van der Waals surface area contributed by atoms with Crippen LogP contribution in [0.1, 0.15) is 39.0 Å². The summed E-state index contributed by atoms with van der Waals surface area (Å²) in [7, 11) is 4.00. The van der Waals surface area contributed by atoms with E-state index in [1.807, 2.05) is 11.9 Å². The Labute approximate surface area is 232 Å². The molecule has 1 aliphatic heterocycles. The van der Waals surface area contributed by atoms with E-state index in [-0.39, 0.29) is 35.8 Å². The summed E-state index contributed by atoms with van der Waals surface area (Å²) in [5, 5.41) is 18.2. The van der Waals surface area contributed by atoms with Crippen molar-refractivity contribution in [2.24, 2.45) is 5.92 Å². The number of aromatic nitrogens is 5. The topological polar surface area (TPSA) is 103 Å². The zero-order valence-electron chi connectivity index (χ0n) is 22.6. The highest BCUT2D eigenvalue weighted by molar-refractivity contribution is 6.31. The maximum Gasteiger partial charge on any atom is 0.319 e. The minimum Gasteiger partial charge on any atom is -0.462 e. The molecule has 1 fully saturated rings. The van der Waals surface area contributed by atoms with Crippen LogP contribution in [0.25, 0.3) is 33.1 Å². The van der Waals surface area contributed by atoms with Crippen molar-refractivity contribution in [1.82, 2.24) is 30.0 Å². The molecule has 0 aliphatic carbocycles. The molecule has 2 atom stereocenters. The molecule has 0 bridgehead atoms. The van der Waals surface area contributed by atoms with Gasteiger partial charge in [0.25, 0.3) is 0 Å². The second kappa shape index (κ2) is 12.0. The first kappa shape index (κ1) is 27.5. The molecule has 39 heavy (non-hydrogen) atoms. The van der Waals surface area contributed by atoms with Crippen LogP contribution in [0, 0.1) is 11.7 Å². The number of hydrogen-bond donors (Lipinski definition) is 2. The molecule has 2 N–H and O–H groups in total. The first-order valence-electron chi connectivity index (χ1n) is 13.5. The van der Waals surface area contributed by atoms with E-state index in [2.05, 4.69) is 39.0 Å². The maximum atomic E-state index is 16.3. The zero-order chi connectivity index (χ0) is 27.5. The molecule has 4 aromatic rings. The molecular formula is C28H35ClFN7O2. The number of likely N-dealkylation sites (N-methyl/N-ethyl adjacent to an activating group) is 1. The lowest BCUT2D eigenvalue weighted by atomic mass is 10.0. The van der Waals surface area contributed by atoms with Gasteiger partial charge in [-0.3, -0.25) is 10.1 Å². The SMILES string of the molecule is CCC(CO)CCCN(C)c1nc(OCC2CCCN2C)nc2c(F)c(-c3cc(Cl)cc4[nH]ncc34)ncc12. The largest absolute Gasteiger partial charge is 0.462 e. The van der Waals surface area contributed by atoms with Gasteiger partial charge in [0.2, 0.25) is 0 Å². The van der Waals surface area contributed by atoms with Crippen LogP contribution in [0.2, 0.25) is 5.02 Å². The minimum absolute atomic E-state index is 0.138. The van der Waals surface area contributed by atoms with E-state index in [0.29, 0.717) is 45.8 Å². The Kier molecular flexibility index (Phi) is 8.44. The number of aromatic amines is 1. The smallest absolute Gasteiger partial charge is 0.319 e. The van der Waals surface area contributed by atoms with Crippen LogP contribution in [-0.4, -0.2) is 81.6 Å². The van der Waals surface area contributed by atoms with Crippen LogP contribution in [0.5, 0.6) is 6.01 Å². The van der Waals surface area contributed by atoms with E-state index < -0.39 is 5.82 Å². The van der Waals surface area contributed by atoms with Gasteiger partial charge >= 0.3 is 6.01 Å². The second-order valence-corrected chi connectivity index (χ2v) is 10.8. The van der Waals surface area contributed by atoms with E-state index >= 15 is 4.39 Å². The predicted molar refractivity (Wildman–Crippen MR) is 152 cm³/mol. The third kappa shape index (κ3) is 5.78. The standard InChI is InChI=1S/C28H35ClFN7O2/c1-4-17(15-38)7-5-10-37(3)27-22-13-31-25(20-11-18(29)12-23-21(20)14-32-35-23)24(30)26(22)33-28(34-27)39-16-19-8-6-9-36(19)2/h11-14,17,19,38H,4-10,15-16H2,1-3H3,(H,32,35). The van der Waals surface area contributed by atoms with E-state index in [4.69, 9.17) is 21.3 Å². The fraction of sp³-hybridized carbons (Fsp3) is 0.500. The van der Waals surface area contributed by atoms with Gasteiger partial charge in [0.1, 0.15) is 23.6 Å². The molecule has 0 amide bonds. The van der Waals surface area contributed by atoms with E-state index in [9.17, 15) is 5.11 Å². The molecule has 2 unspecified atom stereocenters. The number of hydrogen-bond acceptors (Lipinski definition) is 8. The Morgan fingerprint density at radius 3 is 2.87 bits per heavy atom. The van der Waals surface area contributed by atoms with E-state index in [1.165, 1.54) is 0 Å². The Hall–Kier alpha value is -3.08. The predicted octanol–water partition coefficient (Wildman–Crippen LogP) is 5.07. The highest BCUT2D eigenvalue weighted by Gasteiger charge is 2.24. The molecule has 0 spiro atoms. The van der Waals surface area contributed by atoms with E-state index in [1.54, 1.807) is 24.5 Å². The first-order valence-corrected chi connectivity index (χ1v) is 13.9. The van der Waals surface area contributed by atoms with Crippen LogP contribution < -0.4 is 9.64 Å². The fourth-order valence-corrected chi connectivity index (χ4v) is 5.50. The third-order valence-corrected chi connectivity index (χ3v) is 8.02. The second-order valence-electron chi connectivity index (χ2n) is 10.4. The van der Waals surface area contributed by atoms with Crippen molar-refractivity contribution in [3.05, 3.63) is 35.4 Å². The monoisotopic (exact) mass is 555 g/mol. The van der Waals surface area contributed by atoms with Crippen LogP contribution in [0.15, 0.2) is 24.5 Å². The molecule has 208 valence electrons. The summed E-state index contributed by atoms with van der Waals surface area (Å²) < 4.78 is 22.3. The summed E-state index contributed by atoms with van der Waals surface area (Å²) in [5.74, 6) is 0.259. The lowest BCUT2D eigenvalue weighted by Gasteiger charge is -2.23. The molecule has 0 saturated carbocycles. The molecule has 11 heteroatoms. The number of likely N-dealkylation sites (tertiary alicyclic amines) is 1. The molecule has 1 saturated heterocycles. The van der Waals surface area contributed by atoms with Gasteiger partial charge in [0, 0.05) is 48.4 Å². The summed E-state index contributed by atoms with van der Waals surface area (Å²) in [6.07, 6.45) is 8.09. The molecule has 9 nitrogen and oxygen atoms in total. The summed E-state index contributed by atoms with van der Waals surface area (Å²) >= 11 is 6.33. The quantitative estimate of drug-likeness (QED) is 0.264. The average Bonchev–Trinajstić information content (AvgIpc) is 3.58. The first-order chi connectivity index (χ1) is 18.9. The Bertz CT molecular complexity index is 1440. The van der Waals surface area contributed by atoms with Gasteiger partial charge in [-0.1, -0.05) is 24.9 Å². The Morgan fingerprint density at radius 1 is 1.28 bits per heavy atom. The highest BCUT2D eigenvalue weighted by Crippen LogP contribution is 2.36. The fourth-order valence-electron chi connectivity index (χ4n) is 5.29. The third-order valence-electron chi connectivity index (χ3n) is 7.80. The van der Waals surface area contributed by atoms with Crippen molar-refractivity contribution in [2.75, 3.05) is 45.3 Å². The van der Waals surface area contributed by atoms with Gasteiger partial charge in [0.05, 0.1) is 17.1 Å². The molecule has 4 heterocycles. The summed E-state index contributed by atoms with van der Waals surface area (Å²) in [4.78, 5) is 18.0. The van der Waals surface area contributed by atoms with Crippen molar-refractivity contribution in [2.45, 2.75) is 45.1 Å². The molecular weight excluding hydrogens is 521 g/mol. The van der Waals surface area contributed by atoms with E-state index in [0.717, 1.165) is 38.6 Å². The summed E-state index contributed by atoms with van der Waals surface area (Å²) in [6.45, 7) is 4.40. The summed E-state index contributed by atoms with van der Waals surface area (Å²) in [5.41, 5.74) is 1.51. The number of rotatable bonds is 11. The normalized spacial score (nSPS) is 16.8. The number of fused-ring (bicyclic) bond motifs is 2. The van der Waals surface area contributed by atoms with Crippen molar-refractivity contribution in [3.63, 3.8) is 0 Å². The number of nitrogens with one attached hydrogen (secondary N) is 1. The molecule has 3 aromatic heterocycles. The number of pyridine rings is 1. The minimum atomic E-state index is -0.566. The van der Waals surface area contributed by atoms with Gasteiger partial charge in [-0.15, -0.1) is 0 Å². The lowest BCUT2D eigenvalue weighted by molar-refractivity contribution is 0.188. The Balaban J connectivity index is 1.54. The number of aliphatic hydroxyl groups is 1. The highest BCUT2D eigenvalue weighted by atomic mass is 35.5. The number of halogens is 2. The molecule has 1 aliphatic rings. The molecule has 1 aromatic carbocycles. The van der Waals surface area contributed by atoms with Gasteiger partial charge < -0.3 is 19.6 Å². The van der Waals surface area contributed by atoms with Crippen molar-refractivity contribution < 1.29 is 14.2 Å². The Morgan fingerprint density at radius 2 is 2.13 bits per heavy atom. The van der Waals surface area contributed by atoms with Crippen molar-refractivity contribution in [3.8, 4) is 17.3 Å². The van der Waals surface area contributed by atoms with Crippen LogP contribution in [0.3, 0.4) is 0 Å². The number of H-pyrrole nitrogens is 1. The van der Waals surface area contributed by atoms with Gasteiger partial charge in [-0.2, -0.15) is 15.1 Å². The number of nitrogens with zero attached hydrogens (tertiary/aromatic N) is 6. The zero-order valence-corrected chi connectivity index (χ0v) is 23.4. The van der Waals surface area contributed by atoms with Gasteiger partial charge in [-0.25, -0.2) is 4.39 Å². The molecule has 0 radical (unpaired) electrons. The van der Waals surface area contributed by atoms with Crippen LogP contribution in [-0.2, 0) is 0 Å². The van der Waals surface area contributed by atoms with Gasteiger partial charge in [0.15, 0.2) is 5.82 Å². The maximum absolute atomic E-state index is 16.3. The number of ether oxygens (including phenoxy) is 1. The van der Waals surface area contributed by atoms with Crippen LogP contribution in [0.4, 0.5) is 10.2 Å². The number of anilines is 1. The number of benzene rings is 1. The number of aliphatic hydroxyl groups excluding tert-OH is 1. The van der Waals surface area contributed by atoms with Gasteiger partial charge in [-0.05, 0) is 57.3 Å². The van der Waals surface area contributed by atoms with Crippen molar-refractivity contribution >= 4 is 39.2 Å².